The lowest BCUT2D eigenvalue weighted by molar-refractivity contribution is 0.466. The number of hydrogen-bond donors (Lipinski definition) is 1. The average molecular weight is 780 g/mol. The van der Waals surface area contributed by atoms with E-state index < -0.39 is 0 Å². The van der Waals surface area contributed by atoms with Gasteiger partial charge in [-0.3, -0.25) is 9.55 Å². The first kappa shape index (κ1) is 38.5. The zero-order valence-corrected chi connectivity index (χ0v) is 35.1. The predicted octanol–water partition coefficient (Wildman–Crippen LogP) is 15.0. The molecule has 4 heteroatoms. The molecule has 0 fully saturated rings. The van der Waals surface area contributed by atoms with Crippen molar-refractivity contribution in [3.63, 3.8) is 0 Å². The first-order chi connectivity index (χ1) is 29.1. The van der Waals surface area contributed by atoms with Crippen LogP contribution >= 0.6 is 0 Å². The van der Waals surface area contributed by atoms with Crippen LogP contribution in [0.3, 0.4) is 0 Å². The van der Waals surface area contributed by atoms with E-state index in [-0.39, 0.29) is 17.6 Å². The third kappa shape index (κ3) is 7.42. The van der Waals surface area contributed by atoms with Crippen molar-refractivity contribution in [1.29, 1.82) is 0 Å². The average Bonchev–Trinajstić information content (AvgIpc) is 3.66. The molecule has 2 heterocycles. The number of phenols is 1. The molecule has 2 aromatic heterocycles. The molecule has 0 saturated carbocycles. The molecular formula is C56H49N3O. The van der Waals surface area contributed by atoms with Gasteiger partial charge in [0.25, 0.3) is 0 Å². The quantitative estimate of drug-likeness (QED) is 0.159. The highest BCUT2D eigenvalue weighted by Crippen LogP contribution is 2.43. The molecule has 0 unspecified atom stereocenters. The number of aromatic hydroxyl groups is 1. The maximum absolute atomic E-state index is 12.2. The maximum atomic E-state index is 12.2. The number of phenolic OH excluding ortho intramolecular Hbond substituents is 1. The molecule has 0 saturated heterocycles. The van der Waals surface area contributed by atoms with Crippen LogP contribution < -0.4 is 0 Å². The number of fused-ring (bicyclic) bond motifs is 1. The van der Waals surface area contributed by atoms with Crippen LogP contribution in [0.5, 0.6) is 5.75 Å². The molecule has 0 atom stereocenters. The maximum Gasteiger partial charge on any atom is 0.149 e. The Hall–Kier alpha value is -7.04. The molecule has 0 spiro atoms. The van der Waals surface area contributed by atoms with Crippen LogP contribution in [0.1, 0.15) is 61.8 Å². The van der Waals surface area contributed by atoms with Gasteiger partial charge in [0.1, 0.15) is 11.6 Å². The number of aromatic nitrogens is 3. The summed E-state index contributed by atoms with van der Waals surface area (Å²) in [5.74, 6) is 1.36. The third-order valence-corrected chi connectivity index (χ3v) is 11.6. The minimum atomic E-state index is 0.122. The Balaban J connectivity index is 1.31. The molecular weight excluding hydrogens is 731 g/mol. The molecule has 1 N–H and O–H groups in total. The SMILES string of the molecule is Cc1ccc(-c2ccnc(-c3cc(-c4ccccc4)cc(-c4cccc5c4nc(-c4cc(C(C)C)cc(C(C)C)c4O)n5-c4cc(C)cc(-c5ccccc5)c4)c3)c2)cc1. The van der Waals surface area contributed by atoms with Crippen LogP contribution in [0.2, 0.25) is 0 Å². The van der Waals surface area contributed by atoms with Crippen molar-refractivity contribution >= 4 is 11.0 Å². The van der Waals surface area contributed by atoms with Crippen LogP contribution in [0.4, 0.5) is 0 Å². The van der Waals surface area contributed by atoms with E-state index in [9.17, 15) is 5.11 Å². The lowest BCUT2D eigenvalue weighted by Gasteiger charge is -2.18. The lowest BCUT2D eigenvalue weighted by atomic mass is 9.91. The molecule has 60 heavy (non-hydrogen) atoms. The summed E-state index contributed by atoms with van der Waals surface area (Å²) in [6.45, 7) is 12.9. The van der Waals surface area contributed by atoms with Crippen LogP contribution in [0.25, 0.3) is 83.9 Å². The van der Waals surface area contributed by atoms with Crippen molar-refractivity contribution < 1.29 is 5.11 Å². The Morgan fingerprint density at radius 1 is 0.483 bits per heavy atom. The first-order valence-corrected chi connectivity index (χ1v) is 20.9. The fourth-order valence-corrected chi connectivity index (χ4v) is 8.33. The number of hydrogen-bond acceptors (Lipinski definition) is 3. The van der Waals surface area contributed by atoms with Crippen molar-refractivity contribution in [2.45, 2.75) is 53.4 Å². The standard InChI is InChI=1S/C56H49N3O/c1-35(2)43-32-50(36(3)4)55(60)51(33-43)56-58-54-49(18-13-19-53(54)59(56)48-27-38(6)26-44(31-48)39-14-9-7-10-15-39)46-28-45(40-16-11-8-12-17-40)29-47(30-46)52-34-42(24-25-57-52)41-22-20-37(5)21-23-41/h7-36,60H,1-6H3. The summed E-state index contributed by atoms with van der Waals surface area (Å²) in [7, 11) is 0. The highest BCUT2D eigenvalue weighted by molar-refractivity contribution is 5.98. The summed E-state index contributed by atoms with van der Waals surface area (Å²) < 4.78 is 2.25. The molecule has 9 aromatic rings. The van der Waals surface area contributed by atoms with Crippen molar-refractivity contribution in [2.24, 2.45) is 0 Å². The normalized spacial score (nSPS) is 11.5. The topological polar surface area (TPSA) is 50.9 Å². The van der Waals surface area contributed by atoms with E-state index in [1.807, 2.05) is 6.20 Å². The summed E-state index contributed by atoms with van der Waals surface area (Å²) in [5, 5.41) is 12.2. The minimum Gasteiger partial charge on any atom is -0.507 e. The van der Waals surface area contributed by atoms with Crippen LogP contribution in [0, 0.1) is 13.8 Å². The van der Waals surface area contributed by atoms with Crippen LogP contribution in [-0.4, -0.2) is 19.6 Å². The highest BCUT2D eigenvalue weighted by Gasteiger charge is 2.24. The number of aryl methyl sites for hydroxylation is 2. The Kier molecular flexibility index (Phi) is 10.2. The van der Waals surface area contributed by atoms with Gasteiger partial charge in [0.2, 0.25) is 0 Å². The Bertz CT molecular complexity index is 3000. The summed E-state index contributed by atoms with van der Waals surface area (Å²) in [6.07, 6.45) is 1.91. The second-order valence-electron chi connectivity index (χ2n) is 16.6. The van der Waals surface area contributed by atoms with Gasteiger partial charge >= 0.3 is 0 Å². The van der Waals surface area contributed by atoms with Crippen molar-refractivity contribution in [1.82, 2.24) is 14.5 Å². The summed E-state index contributed by atoms with van der Waals surface area (Å²) in [6, 6.07) is 58.2. The van der Waals surface area contributed by atoms with Gasteiger partial charge in [0.05, 0.1) is 22.3 Å². The van der Waals surface area contributed by atoms with Gasteiger partial charge in [-0.1, -0.05) is 142 Å². The predicted molar refractivity (Wildman–Crippen MR) is 251 cm³/mol. The first-order valence-electron chi connectivity index (χ1n) is 20.9. The number of rotatable bonds is 9. The van der Waals surface area contributed by atoms with E-state index in [0.29, 0.717) is 5.82 Å². The van der Waals surface area contributed by atoms with Gasteiger partial charge in [-0.25, -0.2) is 4.98 Å². The molecule has 294 valence electrons. The Morgan fingerprint density at radius 3 is 1.82 bits per heavy atom. The Labute approximate surface area is 353 Å². The van der Waals surface area contributed by atoms with Gasteiger partial charge in [-0.15, -0.1) is 0 Å². The van der Waals surface area contributed by atoms with Crippen LogP contribution in [0.15, 0.2) is 170 Å². The summed E-state index contributed by atoms with van der Waals surface area (Å²) >= 11 is 0. The monoisotopic (exact) mass is 779 g/mol. The van der Waals surface area contributed by atoms with Gasteiger partial charge in [0.15, 0.2) is 0 Å². The Morgan fingerprint density at radius 2 is 1.13 bits per heavy atom. The summed E-state index contributed by atoms with van der Waals surface area (Å²) in [4.78, 5) is 10.5. The molecule has 0 aliphatic carbocycles. The number of imidazole rings is 1. The fraction of sp³-hybridized carbons (Fsp3) is 0.143. The largest absolute Gasteiger partial charge is 0.507 e. The van der Waals surface area contributed by atoms with Crippen LogP contribution in [-0.2, 0) is 0 Å². The molecule has 0 bridgehead atoms. The van der Waals surface area contributed by atoms with Crippen molar-refractivity contribution in [2.75, 3.05) is 0 Å². The number of pyridine rings is 1. The van der Waals surface area contributed by atoms with Crippen molar-refractivity contribution in [3.05, 3.63) is 192 Å². The second-order valence-corrected chi connectivity index (χ2v) is 16.6. The van der Waals surface area contributed by atoms with E-state index in [2.05, 4.69) is 210 Å². The second kappa shape index (κ2) is 16.0. The highest BCUT2D eigenvalue weighted by atomic mass is 16.3. The molecule has 4 nitrogen and oxygen atoms in total. The number of para-hydroxylation sites is 1. The fourth-order valence-electron chi connectivity index (χ4n) is 8.33. The van der Waals surface area contributed by atoms with E-state index in [0.717, 1.165) is 89.2 Å². The van der Waals surface area contributed by atoms with Gasteiger partial charge < -0.3 is 5.11 Å². The summed E-state index contributed by atoms with van der Waals surface area (Å²) in [5.41, 5.74) is 18.7. The van der Waals surface area contributed by atoms with Crippen molar-refractivity contribution in [3.8, 4) is 78.6 Å². The van der Waals surface area contributed by atoms with Gasteiger partial charge in [-0.05, 0) is 136 Å². The lowest BCUT2D eigenvalue weighted by Crippen LogP contribution is -2.02. The number of benzene rings is 7. The third-order valence-electron chi connectivity index (χ3n) is 11.6. The smallest absolute Gasteiger partial charge is 0.149 e. The molecule has 7 aromatic carbocycles. The molecule has 0 aliphatic rings. The molecule has 9 rings (SSSR count). The van der Waals surface area contributed by atoms with Gasteiger partial charge in [-0.2, -0.15) is 0 Å². The van der Waals surface area contributed by atoms with E-state index in [4.69, 9.17) is 9.97 Å². The van der Waals surface area contributed by atoms with E-state index in [1.54, 1.807) is 0 Å². The molecule has 0 radical (unpaired) electrons. The van der Waals surface area contributed by atoms with Gasteiger partial charge in [0, 0.05) is 23.0 Å². The molecule has 0 amide bonds. The minimum absolute atomic E-state index is 0.122. The molecule has 0 aliphatic heterocycles. The zero-order chi connectivity index (χ0) is 41.5. The number of nitrogens with zero attached hydrogens (tertiary/aromatic N) is 3. The zero-order valence-electron chi connectivity index (χ0n) is 35.1. The van der Waals surface area contributed by atoms with E-state index in [1.165, 1.54) is 11.1 Å². The van der Waals surface area contributed by atoms with E-state index >= 15 is 0 Å².